The second-order valence-corrected chi connectivity index (χ2v) is 8.66. The minimum absolute atomic E-state index is 0.137. The Balaban J connectivity index is 1.71. The first kappa shape index (κ1) is 25.7. The number of rotatable bonds is 5. The number of hydrogen-bond acceptors (Lipinski definition) is 4. The van der Waals surface area contributed by atoms with E-state index in [1.165, 1.54) is 18.2 Å². The van der Waals surface area contributed by atoms with Gasteiger partial charge in [0.15, 0.2) is 17.2 Å². The van der Waals surface area contributed by atoms with E-state index in [1.54, 1.807) is 0 Å². The van der Waals surface area contributed by atoms with Crippen LogP contribution in [0.25, 0.3) is 0 Å². The normalized spacial score (nSPS) is 25.6. The highest BCUT2D eigenvalue weighted by Crippen LogP contribution is 2.54. The zero-order chi connectivity index (χ0) is 26.6. The first-order valence-electron chi connectivity index (χ1n) is 10.6. The third-order valence-corrected chi connectivity index (χ3v) is 6.64. The number of carbonyl (C=O) groups is 2. The van der Waals surface area contributed by atoms with E-state index in [0.29, 0.717) is 24.1 Å². The van der Waals surface area contributed by atoms with Crippen LogP contribution >= 0.6 is 0 Å². The van der Waals surface area contributed by atoms with Gasteiger partial charge in [0.05, 0.1) is 0 Å². The lowest BCUT2D eigenvalue weighted by Crippen LogP contribution is -2.47. The molecule has 13 heteroatoms. The molecule has 6 nitrogen and oxygen atoms in total. The molecule has 4 atom stereocenters. The summed E-state index contributed by atoms with van der Waals surface area (Å²) in [5.41, 5.74) is -2.55. The lowest BCUT2D eigenvalue weighted by molar-refractivity contribution is -0.272. The number of anilines is 1. The summed E-state index contributed by atoms with van der Waals surface area (Å²) in [4.78, 5) is 24.8. The van der Waals surface area contributed by atoms with Gasteiger partial charge in [-0.3, -0.25) is 9.59 Å². The fourth-order valence-electron chi connectivity index (χ4n) is 4.54. The van der Waals surface area contributed by atoms with Crippen molar-refractivity contribution in [3.05, 3.63) is 58.7 Å². The predicted octanol–water partition coefficient (Wildman–Crippen LogP) is 4.89. The highest BCUT2D eigenvalue weighted by atomic mass is 19.4. The summed E-state index contributed by atoms with van der Waals surface area (Å²) in [6.45, 7) is -1.53. The molecule has 2 aliphatic heterocycles. The molecule has 4 unspecified atom stereocenters. The topological polar surface area (TPSA) is 76.7 Å². The Morgan fingerprint density at radius 1 is 1.19 bits per heavy atom. The molecule has 2 aromatic carbocycles. The van der Waals surface area contributed by atoms with Gasteiger partial charge in [-0.05, 0) is 42.3 Å². The zero-order valence-corrected chi connectivity index (χ0v) is 18.7. The Kier molecular flexibility index (Phi) is 6.40. The van der Waals surface area contributed by atoms with Gasteiger partial charge < -0.3 is 20.1 Å². The molecule has 2 heterocycles. The molecule has 2 amide bonds. The van der Waals surface area contributed by atoms with Crippen molar-refractivity contribution >= 4 is 17.5 Å². The van der Waals surface area contributed by atoms with Crippen molar-refractivity contribution in [2.24, 2.45) is 5.92 Å². The van der Waals surface area contributed by atoms with Crippen LogP contribution < -0.4 is 15.4 Å². The molecule has 4 rings (SSSR count). The molecule has 2 aromatic rings. The van der Waals surface area contributed by atoms with E-state index in [9.17, 15) is 40.3 Å². The van der Waals surface area contributed by atoms with Crippen molar-refractivity contribution in [2.45, 2.75) is 50.8 Å². The van der Waals surface area contributed by atoms with Gasteiger partial charge in [-0.25, -0.2) is 4.39 Å². The highest BCUT2D eigenvalue weighted by molar-refractivity contribution is 6.00. The summed E-state index contributed by atoms with van der Waals surface area (Å²) in [6, 6.07) is 5.65. The maximum absolute atomic E-state index is 14.9. The van der Waals surface area contributed by atoms with E-state index in [-0.39, 0.29) is 18.1 Å². The van der Waals surface area contributed by atoms with Crippen LogP contribution in [0.15, 0.2) is 30.3 Å². The SMILES string of the molecule is CC1C(c2ccc(OC(F)F)c(F)c2F)C(C(=O)Nc2ccc3c(c2)CNC3=O)OC1(C)C(F)(F)F. The molecule has 36 heavy (non-hydrogen) atoms. The third-order valence-electron chi connectivity index (χ3n) is 6.64. The molecule has 0 saturated carbocycles. The van der Waals surface area contributed by atoms with Gasteiger partial charge in [-0.1, -0.05) is 13.0 Å². The van der Waals surface area contributed by atoms with Crippen LogP contribution in [0.4, 0.5) is 36.4 Å². The molecule has 0 aromatic heterocycles. The van der Waals surface area contributed by atoms with Crippen LogP contribution in [0.3, 0.4) is 0 Å². The average Bonchev–Trinajstić information content (AvgIpc) is 3.29. The van der Waals surface area contributed by atoms with Crippen LogP contribution in [0.2, 0.25) is 0 Å². The summed E-state index contributed by atoms with van der Waals surface area (Å²) < 4.78 is 105. The summed E-state index contributed by atoms with van der Waals surface area (Å²) in [5, 5.41) is 4.97. The molecule has 0 radical (unpaired) electrons. The van der Waals surface area contributed by atoms with Gasteiger partial charge in [0, 0.05) is 29.6 Å². The molecule has 1 fully saturated rings. The number of alkyl halides is 5. The van der Waals surface area contributed by atoms with Crippen LogP contribution in [0, 0.1) is 17.6 Å². The quantitative estimate of drug-likeness (QED) is 0.551. The van der Waals surface area contributed by atoms with Gasteiger partial charge in [0.2, 0.25) is 5.82 Å². The molecule has 194 valence electrons. The summed E-state index contributed by atoms with van der Waals surface area (Å²) in [6.07, 6.45) is -6.93. The Hall–Kier alpha value is -3.35. The second-order valence-electron chi connectivity index (χ2n) is 8.66. The number of amides is 2. The minimum atomic E-state index is -4.99. The van der Waals surface area contributed by atoms with Crippen molar-refractivity contribution in [1.82, 2.24) is 5.32 Å². The smallest absolute Gasteiger partial charge is 0.417 e. The van der Waals surface area contributed by atoms with Crippen molar-refractivity contribution < 1.29 is 49.8 Å². The molecular formula is C23H19F7N2O4. The Labute approximate surface area is 199 Å². The lowest BCUT2D eigenvalue weighted by atomic mass is 9.77. The monoisotopic (exact) mass is 520 g/mol. The number of ether oxygens (including phenoxy) is 2. The first-order chi connectivity index (χ1) is 16.7. The van der Waals surface area contributed by atoms with Crippen molar-refractivity contribution in [3.63, 3.8) is 0 Å². The average molecular weight is 520 g/mol. The van der Waals surface area contributed by atoms with E-state index in [1.807, 2.05) is 0 Å². The van der Waals surface area contributed by atoms with Gasteiger partial charge in [-0.15, -0.1) is 0 Å². The highest BCUT2D eigenvalue weighted by Gasteiger charge is 2.65. The van der Waals surface area contributed by atoms with Crippen LogP contribution in [-0.2, 0) is 16.1 Å². The molecule has 0 aliphatic carbocycles. The van der Waals surface area contributed by atoms with Crippen molar-refractivity contribution in [2.75, 3.05) is 5.32 Å². The molecule has 2 aliphatic rings. The molecule has 0 bridgehead atoms. The standard InChI is InChI=1S/C23H19F7N2O4/c1-9-15(13-5-6-14(35-21(26)27)17(25)16(13)24)18(36-22(9,2)23(28,29)30)20(34)32-11-3-4-12-10(7-11)8-31-19(12)33/h3-7,9,15,18,21H,8H2,1-2H3,(H,31,33)(H,32,34). The van der Waals surface area contributed by atoms with Gasteiger partial charge in [0.25, 0.3) is 11.8 Å². The summed E-state index contributed by atoms with van der Waals surface area (Å²) in [5.74, 6) is -9.36. The van der Waals surface area contributed by atoms with Crippen LogP contribution in [0.5, 0.6) is 5.75 Å². The van der Waals surface area contributed by atoms with Gasteiger partial charge in [-0.2, -0.15) is 26.3 Å². The number of nitrogens with one attached hydrogen (secondary N) is 2. The maximum atomic E-state index is 14.9. The number of halogens is 7. The van der Waals surface area contributed by atoms with Crippen LogP contribution in [0.1, 0.15) is 41.3 Å². The minimum Gasteiger partial charge on any atom is -0.432 e. The number of carbonyl (C=O) groups excluding carboxylic acids is 2. The van der Waals surface area contributed by atoms with Gasteiger partial charge in [0.1, 0.15) is 6.10 Å². The van der Waals surface area contributed by atoms with Crippen LogP contribution in [-0.4, -0.2) is 36.3 Å². The lowest BCUT2D eigenvalue weighted by Gasteiger charge is -2.31. The van der Waals surface area contributed by atoms with E-state index >= 15 is 0 Å². The maximum Gasteiger partial charge on any atom is 0.417 e. The van der Waals surface area contributed by atoms with E-state index < -0.39 is 65.2 Å². The predicted molar refractivity (Wildman–Crippen MR) is 110 cm³/mol. The molecule has 1 saturated heterocycles. The molecule has 2 N–H and O–H groups in total. The Morgan fingerprint density at radius 3 is 2.53 bits per heavy atom. The number of fused-ring (bicyclic) bond motifs is 1. The molecule has 0 spiro atoms. The second kappa shape index (κ2) is 8.95. The summed E-state index contributed by atoms with van der Waals surface area (Å²) >= 11 is 0. The van der Waals surface area contributed by atoms with E-state index in [2.05, 4.69) is 15.4 Å². The van der Waals surface area contributed by atoms with Gasteiger partial charge >= 0.3 is 12.8 Å². The van der Waals surface area contributed by atoms with Crippen molar-refractivity contribution in [1.29, 1.82) is 0 Å². The Morgan fingerprint density at radius 2 is 1.89 bits per heavy atom. The van der Waals surface area contributed by atoms with Crippen molar-refractivity contribution in [3.8, 4) is 5.75 Å². The third kappa shape index (κ3) is 4.25. The number of benzene rings is 2. The van der Waals surface area contributed by atoms with E-state index in [4.69, 9.17) is 4.74 Å². The van der Waals surface area contributed by atoms with E-state index in [0.717, 1.165) is 13.0 Å². The Bertz CT molecular complexity index is 1220. The number of hydrogen-bond donors (Lipinski definition) is 2. The first-order valence-corrected chi connectivity index (χ1v) is 10.6. The molecular weight excluding hydrogens is 501 g/mol. The fourth-order valence-corrected chi connectivity index (χ4v) is 4.54. The fraction of sp³-hybridized carbons (Fsp3) is 0.391. The largest absolute Gasteiger partial charge is 0.432 e. The summed E-state index contributed by atoms with van der Waals surface area (Å²) in [7, 11) is 0. The zero-order valence-electron chi connectivity index (χ0n) is 18.7.